The van der Waals surface area contributed by atoms with Crippen molar-refractivity contribution in [2.45, 2.75) is 12.3 Å². The highest BCUT2D eigenvalue weighted by Crippen LogP contribution is 2.42. The fourth-order valence-corrected chi connectivity index (χ4v) is 6.76. The molecule has 0 spiro atoms. The average Bonchev–Trinajstić information content (AvgIpc) is 3.75. The first-order chi connectivity index (χ1) is 22.2. The molecule has 0 bridgehead atoms. The summed E-state index contributed by atoms with van der Waals surface area (Å²) in [6.07, 6.45) is -1.19. The number of benzene rings is 6. The molecule has 6 heteroatoms. The first-order valence-corrected chi connectivity index (χ1v) is 15.0. The molecule has 9 rings (SSSR count). The summed E-state index contributed by atoms with van der Waals surface area (Å²) in [5, 5.41) is 6.21. The highest BCUT2D eigenvalue weighted by atomic mass is 16.3. The van der Waals surface area contributed by atoms with E-state index >= 15 is 0 Å². The molecule has 0 saturated carbocycles. The zero-order valence-corrected chi connectivity index (χ0v) is 24.2. The number of aliphatic imine (C=N–C) groups is 1. The molecule has 0 amide bonds. The van der Waals surface area contributed by atoms with E-state index in [-0.39, 0.29) is 0 Å². The van der Waals surface area contributed by atoms with Gasteiger partial charge in [0.2, 0.25) is 0 Å². The molecule has 6 aromatic carbocycles. The zero-order valence-electron chi connectivity index (χ0n) is 24.2. The molecule has 0 aliphatic heterocycles. The standard InChI is InChI=1S/C39H28N4O2/c40-38(24-13-5-2-6-14-24)42-36(23-11-3-1-4-12-23)39(41)43-30-17-9-7-15-25(30)28-22-34-29(21-31(28)43)26-19-20-33-35(37(26)45-34)27-16-8-10-18-32(27)44-33/h1-22,38-39H,40-41H2/t38?,39-/m1/s1. The van der Waals surface area contributed by atoms with E-state index in [0.717, 1.165) is 76.8 Å². The van der Waals surface area contributed by atoms with Crippen LogP contribution in [0.3, 0.4) is 0 Å². The van der Waals surface area contributed by atoms with Gasteiger partial charge in [0, 0.05) is 26.9 Å². The molecule has 0 fully saturated rings. The van der Waals surface area contributed by atoms with Crippen LogP contribution in [0, 0.1) is 0 Å². The van der Waals surface area contributed by atoms with E-state index < -0.39 is 12.3 Å². The molecular weight excluding hydrogens is 556 g/mol. The van der Waals surface area contributed by atoms with Crippen LogP contribution in [0.25, 0.3) is 65.7 Å². The van der Waals surface area contributed by atoms with E-state index in [0.29, 0.717) is 5.71 Å². The van der Waals surface area contributed by atoms with Gasteiger partial charge in [0.25, 0.3) is 0 Å². The van der Waals surface area contributed by atoms with Crippen molar-refractivity contribution in [3.63, 3.8) is 0 Å². The Kier molecular flexibility index (Phi) is 5.68. The van der Waals surface area contributed by atoms with Crippen molar-refractivity contribution in [1.82, 2.24) is 4.57 Å². The maximum atomic E-state index is 7.27. The van der Waals surface area contributed by atoms with Gasteiger partial charge in [0.15, 0.2) is 0 Å². The zero-order chi connectivity index (χ0) is 30.1. The molecule has 45 heavy (non-hydrogen) atoms. The lowest BCUT2D eigenvalue weighted by Crippen LogP contribution is -2.30. The molecular formula is C39H28N4O2. The molecule has 6 nitrogen and oxygen atoms in total. The number of para-hydroxylation sites is 2. The lowest BCUT2D eigenvalue weighted by Gasteiger charge is -2.21. The van der Waals surface area contributed by atoms with Gasteiger partial charge >= 0.3 is 0 Å². The summed E-state index contributed by atoms with van der Waals surface area (Å²) in [7, 11) is 0. The molecule has 9 aromatic rings. The van der Waals surface area contributed by atoms with Crippen molar-refractivity contribution in [3.05, 3.63) is 145 Å². The number of hydrogen-bond acceptors (Lipinski definition) is 5. The predicted octanol–water partition coefficient (Wildman–Crippen LogP) is 9.20. The molecule has 3 heterocycles. The Bertz CT molecular complexity index is 2580. The van der Waals surface area contributed by atoms with Crippen molar-refractivity contribution < 1.29 is 8.83 Å². The quantitative estimate of drug-likeness (QED) is 0.197. The molecule has 216 valence electrons. The van der Waals surface area contributed by atoms with Gasteiger partial charge in [-0.15, -0.1) is 0 Å². The summed E-state index contributed by atoms with van der Waals surface area (Å²) < 4.78 is 15.0. The predicted molar refractivity (Wildman–Crippen MR) is 184 cm³/mol. The van der Waals surface area contributed by atoms with E-state index in [4.69, 9.17) is 25.3 Å². The maximum absolute atomic E-state index is 7.27. The topological polar surface area (TPSA) is 95.6 Å². The van der Waals surface area contributed by atoms with Gasteiger partial charge in [0.1, 0.15) is 34.7 Å². The Morgan fingerprint density at radius 2 is 1.27 bits per heavy atom. The number of rotatable bonds is 5. The van der Waals surface area contributed by atoms with Crippen LogP contribution in [0.15, 0.2) is 147 Å². The van der Waals surface area contributed by atoms with E-state index in [1.807, 2.05) is 91.0 Å². The second-order valence-corrected chi connectivity index (χ2v) is 11.4. The van der Waals surface area contributed by atoms with Crippen molar-refractivity contribution in [3.8, 4) is 0 Å². The van der Waals surface area contributed by atoms with Crippen molar-refractivity contribution in [1.29, 1.82) is 0 Å². The van der Waals surface area contributed by atoms with Crippen molar-refractivity contribution >= 4 is 71.4 Å². The SMILES string of the molecule is NC(N=C(c1ccccc1)[C@H](N)n1c2ccccc2c2cc3oc4c(ccc5oc6ccccc6c54)c3cc21)c1ccccc1. The molecule has 1 unspecified atom stereocenters. The summed E-state index contributed by atoms with van der Waals surface area (Å²) in [6, 6.07) is 44.8. The number of nitrogens with two attached hydrogens (primary N) is 2. The van der Waals surface area contributed by atoms with Gasteiger partial charge < -0.3 is 24.9 Å². The Hall–Kier alpha value is -5.69. The number of furan rings is 2. The Labute approximate surface area is 257 Å². The number of fused-ring (bicyclic) bond motifs is 10. The van der Waals surface area contributed by atoms with Gasteiger partial charge in [0.05, 0.1) is 22.1 Å². The van der Waals surface area contributed by atoms with E-state index in [2.05, 4.69) is 47.0 Å². The summed E-state index contributed by atoms with van der Waals surface area (Å²) in [5.41, 5.74) is 21.8. The lowest BCUT2D eigenvalue weighted by molar-refractivity contribution is 0.663. The van der Waals surface area contributed by atoms with Gasteiger partial charge in [-0.25, -0.2) is 0 Å². The third-order valence-electron chi connectivity index (χ3n) is 8.86. The maximum Gasteiger partial charge on any atom is 0.147 e. The van der Waals surface area contributed by atoms with Crippen LogP contribution >= 0.6 is 0 Å². The smallest absolute Gasteiger partial charge is 0.147 e. The highest BCUT2D eigenvalue weighted by molar-refractivity contribution is 6.24. The lowest BCUT2D eigenvalue weighted by atomic mass is 10.1. The van der Waals surface area contributed by atoms with Crippen molar-refractivity contribution in [2.75, 3.05) is 0 Å². The fraction of sp³-hybridized carbons (Fsp3) is 0.0513. The summed E-state index contributed by atoms with van der Waals surface area (Å²) in [6.45, 7) is 0. The normalized spacial score (nSPS) is 14.0. The minimum atomic E-state index is -0.621. The van der Waals surface area contributed by atoms with Crippen LogP contribution in [0.1, 0.15) is 23.5 Å². The van der Waals surface area contributed by atoms with Gasteiger partial charge in [-0.2, -0.15) is 0 Å². The molecule has 3 aromatic heterocycles. The molecule has 0 radical (unpaired) electrons. The molecule has 2 atom stereocenters. The van der Waals surface area contributed by atoms with Crippen LogP contribution in [-0.2, 0) is 0 Å². The number of hydrogen-bond donors (Lipinski definition) is 2. The third kappa shape index (κ3) is 3.93. The van der Waals surface area contributed by atoms with Crippen LogP contribution in [-0.4, -0.2) is 10.3 Å². The Balaban J connectivity index is 1.31. The van der Waals surface area contributed by atoms with Crippen molar-refractivity contribution in [2.24, 2.45) is 16.5 Å². The Morgan fingerprint density at radius 3 is 2.09 bits per heavy atom. The van der Waals surface area contributed by atoms with Gasteiger partial charge in [-0.1, -0.05) is 97.1 Å². The van der Waals surface area contributed by atoms with Crippen LogP contribution in [0.2, 0.25) is 0 Å². The van der Waals surface area contributed by atoms with Crippen LogP contribution in [0.4, 0.5) is 0 Å². The van der Waals surface area contributed by atoms with E-state index in [1.165, 1.54) is 0 Å². The van der Waals surface area contributed by atoms with Gasteiger partial charge in [-0.05, 0) is 47.5 Å². The minimum Gasteiger partial charge on any atom is -0.456 e. The highest BCUT2D eigenvalue weighted by Gasteiger charge is 2.24. The summed E-state index contributed by atoms with van der Waals surface area (Å²) in [4.78, 5) is 5.07. The first-order valence-electron chi connectivity index (χ1n) is 15.0. The molecule has 0 aliphatic carbocycles. The van der Waals surface area contributed by atoms with Gasteiger partial charge in [-0.3, -0.25) is 4.99 Å². The second kappa shape index (κ2) is 9.92. The van der Waals surface area contributed by atoms with Crippen LogP contribution in [0.5, 0.6) is 0 Å². The number of aromatic nitrogens is 1. The second-order valence-electron chi connectivity index (χ2n) is 11.4. The summed E-state index contributed by atoms with van der Waals surface area (Å²) >= 11 is 0. The average molecular weight is 585 g/mol. The summed E-state index contributed by atoms with van der Waals surface area (Å²) in [5.74, 6) is 0. The molecule has 0 saturated heterocycles. The number of nitrogens with zero attached hydrogens (tertiary/aromatic N) is 2. The first kappa shape index (κ1) is 25.8. The molecule has 0 aliphatic rings. The minimum absolute atomic E-state index is 0.572. The molecule has 4 N–H and O–H groups in total. The Morgan fingerprint density at radius 1 is 0.556 bits per heavy atom. The monoisotopic (exact) mass is 584 g/mol. The van der Waals surface area contributed by atoms with Crippen LogP contribution < -0.4 is 11.5 Å². The fourth-order valence-electron chi connectivity index (χ4n) is 6.76. The van der Waals surface area contributed by atoms with E-state index in [1.54, 1.807) is 0 Å². The largest absolute Gasteiger partial charge is 0.456 e. The van der Waals surface area contributed by atoms with E-state index in [9.17, 15) is 0 Å². The third-order valence-corrected chi connectivity index (χ3v) is 8.86.